The normalized spacial score (nSPS) is 24.9. The highest BCUT2D eigenvalue weighted by molar-refractivity contribution is 5.87. The Bertz CT molecular complexity index is 283. The van der Waals surface area contributed by atoms with Gasteiger partial charge in [0, 0.05) is 0 Å². The molecule has 1 aliphatic rings. The third-order valence-electron chi connectivity index (χ3n) is 3.29. The summed E-state index contributed by atoms with van der Waals surface area (Å²) in [6, 6.07) is 0. The summed E-state index contributed by atoms with van der Waals surface area (Å²) in [6.45, 7) is 0. The van der Waals surface area contributed by atoms with Crippen molar-refractivity contribution in [1.29, 1.82) is 0 Å². The number of carboxylic acid groups (broad SMARTS) is 1. The Morgan fingerprint density at radius 1 is 1.00 bits per heavy atom. The van der Waals surface area contributed by atoms with Gasteiger partial charge >= 0.3 is 5.97 Å². The van der Waals surface area contributed by atoms with Crippen LogP contribution in [0.4, 0.5) is 0 Å². The van der Waals surface area contributed by atoms with Gasteiger partial charge in [-0.25, -0.2) is 4.79 Å². The second-order valence-corrected chi connectivity index (χ2v) is 4.70. The molecular weight excluding hydrogens is 220 g/mol. The van der Waals surface area contributed by atoms with Gasteiger partial charge in [-0.05, 0) is 19.3 Å². The van der Waals surface area contributed by atoms with E-state index in [0.29, 0.717) is 12.8 Å². The minimum absolute atomic E-state index is 0.0157. The zero-order chi connectivity index (χ0) is 12.7. The van der Waals surface area contributed by atoms with Crippen LogP contribution < -0.4 is 0 Å². The second-order valence-electron chi connectivity index (χ2n) is 4.70. The molecule has 0 fully saturated rings. The minimum atomic E-state index is -1.11. The first-order valence-corrected chi connectivity index (χ1v) is 6.46. The monoisotopic (exact) mass is 242 g/mol. The molecule has 0 aromatic rings. The maximum atomic E-state index is 11.0. The number of carbonyl (C=O) groups is 1. The molecule has 3 N–H and O–H groups in total. The number of hydrogen-bond acceptors (Lipinski definition) is 3. The summed E-state index contributed by atoms with van der Waals surface area (Å²) >= 11 is 0. The first kappa shape index (κ1) is 14.0. The van der Waals surface area contributed by atoms with Gasteiger partial charge in [-0.15, -0.1) is 0 Å². The van der Waals surface area contributed by atoms with Crippen molar-refractivity contribution in [2.24, 2.45) is 0 Å². The summed E-state index contributed by atoms with van der Waals surface area (Å²) in [5.41, 5.74) is -0.0157. The van der Waals surface area contributed by atoms with Gasteiger partial charge in [-0.2, -0.15) is 0 Å². The quantitative estimate of drug-likeness (QED) is 0.660. The second kappa shape index (κ2) is 7.33. The van der Waals surface area contributed by atoms with Gasteiger partial charge in [0.1, 0.15) is 11.9 Å². The number of aliphatic carboxylic acids is 1. The lowest BCUT2D eigenvalue weighted by Gasteiger charge is -2.14. The van der Waals surface area contributed by atoms with Crippen LogP contribution in [0, 0.1) is 0 Å². The summed E-state index contributed by atoms with van der Waals surface area (Å²) in [5, 5.41) is 28.5. The maximum absolute atomic E-state index is 11.0. The molecule has 4 heteroatoms. The van der Waals surface area contributed by atoms with Crippen LogP contribution in [0.2, 0.25) is 0 Å². The molecule has 1 atom stereocenters. The number of aliphatic hydroxyl groups excluding tert-OH is 2. The molecule has 0 bridgehead atoms. The third kappa shape index (κ3) is 4.77. The van der Waals surface area contributed by atoms with Gasteiger partial charge in [0.2, 0.25) is 0 Å². The van der Waals surface area contributed by atoms with Gasteiger partial charge in [-0.1, -0.05) is 38.5 Å². The Kier molecular flexibility index (Phi) is 6.05. The zero-order valence-corrected chi connectivity index (χ0v) is 10.2. The SMILES string of the molecule is O=C(O)C1=C(O)C(O)CCCCCCCCC1. The lowest BCUT2D eigenvalue weighted by atomic mass is 9.98. The van der Waals surface area contributed by atoms with Crippen LogP contribution >= 0.6 is 0 Å². The lowest BCUT2D eigenvalue weighted by molar-refractivity contribution is -0.133. The van der Waals surface area contributed by atoms with E-state index in [2.05, 4.69) is 0 Å². The summed E-state index contributed by atoms with van der Waals surface area (Å²) in [7, 11) is 0. The number of aliphatic hydroxyl groups is 2. The standard InChI is InChI=1S/C13H22O4/c14-11-9-7-5-3-1-2-4-6-8-10(12(11)15)13(16)17/h11,14-15H,1-9H2,(H,16,17). The zero-order valence-electron chi connectivity index (χ0n) is 10.2. The Morgan fingerprint density at radius 2 is 1.53 bits per heavy atom. The van der Waals surface area contributed by atoms with Crippen LogP contribution in [0.5, 0.6) is 0 Å². The molecule has 0 aromatic carbocycles. The summed E-state index contributed by atoms with van der Waals surface area (Å²) in [6.07, 6.45) is 6.85. The van der Waals surface area contributed by atoms with Crippen molar-refractivity contribution in [3.05, 3.63) is 11.3 Å². The van der Waals surface area contributed by atoms with Crippen molar-refractivity contribution >= 4 is 5.97 Å². The van der Waals surface area contributed by atoms with E-state index in [1.165, 1.54) is 6.42 Å². The molecule has 0 spiro atoms. The molecule has 1 unspecified atom stereocenters. The predicted octanol–water partition coefficient (Wildman–Crippen LogP) is 2.77. The average Bonchev–Trinajstić information content (AvgIpc) is 2.28. The summed E-state index contributed by atoms with van der Waals surface area (Å²) in [5.74, 6) is -1.45. The van der Waals surface area contributed by atoms with Gasteiger partial charge < -0.3 is 15.3 Å². The third-order valence-corrected chi connectivity index (χ3v) is 3.29. The highest BCUT2D eigenvalue weighted by atomic mass is 16.4. The number of rotatable bonds is 1. The van der Waals surface area contributed by atoms with Crippen molar-refractivity contribution in [2.45, 2.75) is 63.9 Å². The predicted molar refractivity (Wildman–Crippen MR) is 64.9 cm³/mol. The molecular formula is C13H22O4. The Labute approximate surface area is 102 Å². The fourth-order valence-corrected chi connectivity index (χ4v) is 2.21. The molecule has 17 heavy (non-hydrogen) atoms. The summed E-state index contributed by atoms with van der Waals surface area (Å²) in [4.78, 5) is 11.0. The van der Waals surface area contributed by atoms with E-state index in [1.807, 2.05) is 0 Å². The van der Waals surface area contributed by atoms with Gasteiger partial charge in [0.05, 0.1) is 5.57 Å². The molecule has 0 aliphatic heterocycles. The van der Waals surface area contributed by atoms with E-state index >= 15 is 0 Å². The molecule has 98 valence electrons. The van der Waals surface area contributed by atoms with E-state index in [9.17, 15) is 15.0 Å². The van der Waals surface area contributed by atoms with Crippen LogP contribution in [0.15, 0.2) is 11.3 Å². The molecule has 4 nitrogen and oxygen atoms in total. The van der Waals surface area contributed by atoms with Crippen molar-refractivity contribution in [1.82, 2.24) is 0 Å². The molecule has 0 heterocycles. The molecule has 1 rings (SSSR count). The van der Waals surface area contributed by atoms with E-state index < -0.39 is 12.1 Å². The van der Waals surface area contributed by atoms with Gasteiger partial charge in [-0.3, -0.25) is 0 Å². The molecule has 1 aliphatic carbocycles. The van der Waals surface area contributed by atoms with E-state index in [4.69, 9.17) is 5.11 Å². The van der Waals surface area contributed by atoms with Crippen LogP contribution in [-0.2, 0) is 4.79 Å². The Hall–Kier alpha value is -1.03. The smallest absolute Gasteiger partial charge is 0.335 e. The molecule has 0 saturated carbocycles. The first-order valence-electron chi connectivity index (χ1n) is 6.46. The van der Waals surface area contributed by atoms with Gasteiger partial charge in [0.25, 0.3) is 0 Å². The van der Waals surface area contributed by atoms with Crippen LogP contribution in [0.3, 0.4) is 0 Å². The highest BCUT2D eigenvalue weighted by Gasteiger charge is 2.20. The molecule has 0 radical (unpaired) electrons. The fraction of sp³-hybridized carbons (Fsp3) is 0.769. The number of hydrogen-bond donors (Lipinski definition) is 3. The lowest BCUT2D eigenvalue weighted by Crippen LogP contribution is -2.16. The van der Waals surface area contributed by atoms with Crippen LogP contribution in [-0.4, -0.2) is 27.4 Å². The van der Waals surface area contributed by atoms with Gasteiger partial charge in [0.15, 0.2) is 0 Å². The Balaban J connectivity index is 2.73. The first-order chi connectivity index (χ1) is 8.13. The van der Waals surface area contributed by atoms with Crippen molar-refractivity contribution in [2.75, 3.05) is 0 Å². The van der Waals surface area contributed by atoms with Crippen molar-refractivity contribution < 1.29 is 20.1 Å². The highest BCUT2D eigenvalue weighted by Crippen LogP contribution is 2.20. The van der Waals surface area contributed by atoms with Crippen molar-refractivity contribution in [3.63, 3.8) is 0 Å². The minimum Gasteiger partial charge on any atom is -0.509 e. The number of carboxylic acids is 1. The topological polar surface area (TPSA) is 77.8 Å². The molecule has 0 amide bonds. The Morgan fingerprint density at radius 3 is 2.12 bits per heavy atom. The molecule has 0 aromatic heterocycles. The van der Waals surface area contributed by atoms with E-state index in [1.54, 1.807) is 0 Å². The molecule has 0 saturated heterocycles. The van der Waals surface area contributed by atoms with E-state index in [0.717, 1.165) is 38.5 Å². The summed E-state index contributed by atoms with van der Waals surface area (Å²) < 4.78 is 0. The largest absolute Gasteiger partial charge is 0.509 e. The van der Waals surface area contributed by atoms with Crippen molar-refractivity contribution in [3.8, 4) is 0 Å². The average molecular weight is 242 g/mol. The fourth-order valence-electron chi connectivity index (χ4n) is 2.21. The van der Waals surface area contributed by atoms with Crippen LogP contribution in [0.1, 0.15) is 57.8 Å². The van der Waals surface area contributed by atoms with Crippen LogP contribution in [0.25, 0.3) is 0 Å². The van der Waals surface area contributed by atoms with E-state index in [-0.39, 0.29) is 11.3 Å². The maximum Gasteiger partial charge on any atom is 0.335 e.